The molecule has 1 aliphatic heterocycles. The summed E-state index contributed by atoms with van der Waals surface area (Å²) in [7, 11) is 0. The van der Waals surface area contributed by atoms with Crippen LogP contribution in [0, 0.1) is 0 Å². The molecule has 19 heavy (non-hydrogen) atoms. The van der Waals surface area contributed by atoms with Crippen LogP contribution in [-0.4, -0.2) is 11.6 Å². The molecule has 1 aliphatic rings. The Kier molecular flexibility index (Phi) is 3.85. The number of benzene rings is 1. The number of urea groups is 1. The van der Waals surface area contributed by atoms with E-state index >= 15 is 0 Å². The predicted octanol–water partition coefficient (Wildman–Crippen LogP) is 4.64. The van der Waals surface area contributed by atoms with Crippen molar-refractivity contribution >= 4 is 57.6 Å². The van der Waals surface area contributed by atoms with Gasteiger partial charge in [-0.05, 0) is 26.8 Å². The second-order valence-corrected chi connectivity index (χ2v) is 6.35. The Morgan fingerprint density at radius 1 is 1.21 bits per heavy atom. The zero-order valence-corrected chi connectivity index (χ0v) is 12.9. The highest BCUT2D eigenvalue weighted by atomic mass is 35.5. The van der Waals surface area contributed by atoms with Crippen molar-refractivity contribution in [1.82, 2.24) is 5.32 Å². The third-order valence-corrected chi connectivity index (χ3v) is 3.29. The van der Waals surface area contributed by atoms with Gasteiger partial charge in [0.25, 0.3) is 0 Å². The highest BCUT2D eigenvalue weighted by molar-refractivity contribution is 7.58. The van der Waals surface area contributed by atoms with Crippen LogP contribution in [0.15, 0.2) is 14.8 Å². The van der Waals surface area contributed by atoms with Crippen molar-refractivity contribution in [3.63, 3.8) is 0 Å². The van der Waals surface area contributed by atoms with E-state index in [2.05, 4.69) is 19.4 Å². The number of hydrogen-bond acceptors (Lipinski definition) is 3. The van der Waals surface area contributed by atoms with E-state index in [1.165, 1.54) is 0 Å². The average Bonchev–Trinajstić information content (AvgIpc) is 2.70. The molecule has 0 radical (unpaired) electrons. The molecule has 5 nitrogen and oxygen atoms in total. The lowest BCUT2D eigenvalue weighted by molar-refractivity contribution is 0.244. The molecule has 1 aromatic rings. The van der Waals surface area contributed by atoms with Gasteiger partial charge >= 0.3 is 6.03 Å². The van der Waals surface area contributed by atoms with Crippen LogP contribution in [0.1, 0.15) is 20.8 Å². The summed E-state index contributed by atoms with van der Waals surface area (Å²) < 4.78 is 8.18. The van der Waals surface area contributed by atoms with Gasteiger partial charge in [0, 0.05) is 5.54 Å². The zero-order valence-electron chi connectivity index (χ0n) is 10.5. The third kappa shape index (κ3) is 3.26. The minimum Gasteiger partial charge on any atom is -0.333 e. The molecule has 0 atom stereocenters. The number of halogens is 2. The Morgan fingerprint density at radius 2 is 1.84 bits per heavy atom. The van der Waals surface area contributed by atoms with Crippen LogP contribution in [0.3, 0.4) is 0 Å². The molecule has 0 aliphatic carbocycles. The molecule has 0 bridgehead atoms. The van der Waals surface area contributed by atoms with Crippen molar-refractivity contribution in [3.8, 4) is 0 Å². The van der Waals surface area contributed by atoms with Crippen LogP contribution in [0.5, 0.6) is 0 Å². The summed E-state index contributed by atoms with van der Waals surface area (Å²) in [4.78, 5) is 11.9. The van der Waals surface area contributed by atoms with Crippen LogP contribution >= 0.6 is 23.2 Å². The monoisotopic (exact) mass is 318 g/mol. The van der Waals surface area contributed by atoms with Crippen molar-refractivity contribution in [2.45, 2.75) is 26.3 Å². The van der Waals surface area contributed by atoms with Gasteiger partial charge in [0.2, 0.25) is 0 Å². The van der Waals surface area contributed by atoms with E-state index in [-0.39, 0.29) is 11.6 Å². The standard InChI is InChI=1S/C11H12Cl2N4OS/c1-11(2,3)15-10(18)14-7-5(12)4-6(13)8-9(7)17-19-16-8/h4H,1-3H3,(H2,14,15,18). The topological polar surface area (TPSA) is 65.8 Å². The molecule has 2 rings (SSSR count). The summed E-state index contributed by atoms with van der Waals surface area (Å²) in [5, 5.41) is 6.21. The molecule has 2 N–H and O–H groups in total. The van der Waals surface area contributed by atoms with E-state index in [4.69, 9.17) is 23.2 Å². The third-order valence-electron chi connectivity index (χ3n) is 2.17. The SMILES string of the molecule is CC(C)(C)NC(=O)Nc1c(Cl)cc(Cl)c2c1N=S=N2. The number of amides is 2. The molecule has 0 saturated carbocycles. The minimum absolute atomic E-state index is 0.328. The van der Waals surface area contributed by atoms with Crippen LogP contribution < -0.4 is 10.6 Å². The van der Waals surface area contributed by atoms with Crippen LogP contribution in [0.25, 0.3) is 0 Å². The molecule has 1 aromatic carbocycles. The number of hydrogen-bond donors (Lipinski definition) is 2. The Labute approximate surface area is 124 Å². The Balaban J connectivity index is 2.30. The largest absolute Gasteiger partial charge is 0.333 e. The lowest BCUT2D eigenvalue weighted by atomic mass is 10.1. The zero-order chi connectivity index (χ0) is 14.2. The number of fused-ring (bicyclic) bond motifs is 1. The first-order valence-electron chi connectivity index (χ1n) is 5.47. The van der Waals surface area contributed by atoms with E-state index in [0.717, 1.165) is 11.4 Å². The van der Waals surface area contributed by atoms with Gasteiger partial charge in [-0.3, -0.25) is 0 Å². The fourth-order valence-corrected chi connectivity index (χ4v) is 2.64. The van der Waals surface area contributed by atoms with E-state index in [9.17, 15) is 4.79 Å². The average molecular weight is 319 g/mol. The lowest BCUT2D eigenvalue weighted by Crippen LogP contribution is -2.43. The fraction of sp³-hybridized carbons (Fsp3) is 0.364. The second-order valence-electron chi connectivity index (χ2n) is 5.01. The van der Waals surface area contributed by atoms with Crippen LogP contribution in [0.2, 0.25) is 10.0 Å². The molecule has 0 fully saturated rings. The quantitative estimate of drug-likeness (QED) is 0.790. The number of carbonyl (C=O) groups is 1. The summed E-state index contributed by atoms with van der Waals surface area (Å²) in [5.74, 6) is 0. The van der Waals surface area contributed by atoms with Crippen LogP contribution in [0.4, 0.5) is 21.9 Å². The number of nitrogens with zero attached hydrogens (tertiary/aromatic N) is 2. The first-order chi connectivity index (χ1) is 8.78. The van der Waals surface area contributed by atoms with Crippen molar-refractivity contribution in [3.05, 3.63) is 16.1 Å². The number of anilines is 1. The maximum absolute atomic E-state index is 11.9. The van der Waals surface area contributed by atoms with Crippen molar-refractivity contribution in [1.29, 1.82) is 0 Å². The van der Waals surface area contributed by atoms with Gasteiger partial charge in [0.05, 0.1) is 27.1 Å². The molecule has 2 amide bonds. The molecule has 102 valence electrons. The van der Waals surface area contributed by atoms with Gasteiger partial charge in [0.1, 0.15) is 11.4 Å². The second kappa shape index (κ2) is 5.11. The van der Waals surface area contributed by atoms with E-state index in [1.54, 1.807) is 6.07 Å². The van der Waals surface area contributed by atoms with Crippen LogP contribution in [-0.2, 0) is 11.4 Å². The Hall–Kier alpha value is -1.11. The summed E-state index contributed by atoms with van der Waals surface area (Å²) in [6, 6.07) is 1.19. The first-order valence-corrected chi connectivity index (χ1v) is 6.96. The highest BCUT2D eigenvalue weighted by Crippen LogP contribution is 2.47. The Morgan fingerprint density at radius 3 is 2.47 bits per heavy atom. The lowest BCUT2D eigenvalue weighted by Gasteiger charge is -2.21. The fourth-order valence-electron chi connectivity index (χ4n) is 1.48. The molecule has 0 spiro atoms. The molecule has 0 unspecified atom stereocenters. The molecular formula is C11H12Cl2N4OS. The summed E-state index contributed by atoms with van der Waals surface area (Å²) in [6.07, 6.45) is 0. The predicted molar refractivity (Wildman–Crippen MR) is 79.9 cm³/mol. The minimum atomic E-state index is -0.356. The molecule has 0 aromatic heterocycles. The summed E-state index contributed by atoms with van der Waals surface area (Å²) in [5.41, 5.74) is 1.09. The van der Waals surface area contributed by atoms with Crippen molar-refractivity contribution < 1.29 is 4.79 Å². The van der Waals surface area contributed by atoms with Gasteiger partial charge in [-0.25, -0.2) is 4.79 Å². The van der Waals surface area contributed by atoms with E-state index in [1.807, 2.05) is 20.8 Å². The number of carbonyl (C=O) groups excluding carboxylic acids is 1. The van der Waals surface area contributed by atoms with Gasteiger partial charge in [-0.1, -0.05) is 23.2 Å². The van der Waals surface area contributed by atoms with E-state index in [0.29, 0.717) is 27.1 Å². The highest BCUT2D eigenvalue weighted by Gasteiger charge is 2.21. The molecule has 8 heteroatoms. The molecule has 0 saturated heterocycles. The first kappa shape index (κ1) is 14.3. The van der Waals surface area contributed by atoms with Crippen molar-refractivity contribution in [2.75, 3.05) is 5.32 Å². The van der Waals surface area contributed by atoms with Gasteiger partial charge in [0.15, 0.2) is 0 Å². The smallest absolute Gasteiger partial charge is 0.319 e. The van der Waals surface area contributed by atoms with E-state index < -0.39 is 0 Å². The van der Waals surface area contributed by atoms with Gasteiger partial charge < -0.3 is 10.6 Å². The summed E-state index contributed by atoms with van der Waals surface area (Å²) >= 11 is 13.1. The molecule has 1 heterocycles. The Bertz CT molecular complexity index is 618. The maximum atomic E-state index is 11.9. The summed E-state index contributed by atoms with van der Waals surface area (Å²) in [6.45, 7) is 5.65. The molecular weight excluding hydrogens is 307 g/mol. The van der Waals surface area contributed by atoms with Gasteiger partial charge in [-0.15, -0.1) is 0 Å². The normalized spacial score (nSPS) is 12.9. The van der Waals surface area contributed by atoms with Gasteiger partial charge in [-0.2, -0.15) is 8.73 Å². The maximum Gasteiger partial charge on any atom is 0.319 e. The number of nitrogens with one attached hydrogen (secondary N) is 2. The van der Waals surface area contributed by atoms with Crippen molar-refractivity contribution in [2.24, 2.45) is 8.73 Å². The number of rotatable bonds is 1.